The molecule has 0 aromatic carbocycles. The van der Waals surface area contributed by atoms with Crippen LogP contribution in [0.4, 0.5) is 0 Å². The van der Waals surface area contributed by atoms with Crippen LogP contribution in [0, 0.1) is 32.3 Å². The average Bonchev–Trinajstić information content (AvgIpc) is 2.51. The van der Waals surface area contributed by atoms with Crippen molar-refractivity contribution >= 4 is 21.8 Å². The van der Waals surface area contributed by atoms with Crippen molar-refractivity contribution in [1.29, 1.82) is 0 Å². The van der Waals surface area contributed by atoms with Crippen LogP contribution in [0.1, 0.15) is 64.2 Å². The predicted molar refractivity (Wildman–Crippen MR) is 78.5 cm³/mol. The van der Waals surface area contributed by atoms with E-state index >= 15 is 0 Å². The van der Waals surface area contributed by atoms with Crippen LogP contribution in [-0.4, -0.2) is 26.9 Å². The molecule has 0 radical (unpaired) electrons. The van der Waals surface area contributed by atoms with Gasteiger partial charge in [-0.15, -0.1) is 0 Å². The van der Waals surface area contributed by atoms with Crippen molar-refractivity contribution in [2.75, 3.05) is 0 Å². The molecule has 0 N–H and O–H groups in total. The molecule has 0 aliphatic heterocycles. The van der Waals surface area contributed by atoms with E-state index in [0.29, 0.717) is 12.1 Å². The van der Waals surface area contributed by atoms with Crippen molar-refractivity contribution in [3.63, 3.8) is 0 Å². The molecule has 2 saturated carbocycles. The summed E-state index contributed by atoms with van der Waals surface area (Å²) in [7, 11) is 3.80. The molecule has 2 fully saturated rings. The van der Waals surface area contributed by atoms with Crippen molar-refractivity contribution < 1.29 is 41.9 Å². The first-order chi connectivity index (χ1) is 9.77. The number of carbonyl (C=O) groups excluding carboxylic acids is 2. The zero-order valence-electron chi connectivity index (χ0n) is 12.0. The van der Waals surface area contributed by atoms with Crippen molar-refractivity contribution in [2.45, 2.75) is 76.3 Å². The Hall–Kier alpha value is 0.771. The van der Waals surface area contributed by atoms with Gasteiger partial charge in [-0.2, -0.15) is 0 Å². The van der Waals surface area contributed by atoms with E-state index < -0.39 is 32.3 Å². The quantitative estimate of drug-likeness (QED) is 0.552. The molecular formula is C14H24BrN2NdO2. The number of amides is 2. The van der Waals surface area contributed by atoms with Gasteiger partial charge in [0, 0.05) is 0 Å². The van der Waals surface area contributed by atoms with Gasteiger partial charge in [0.05, 0.1) is 0 Å². The molecule has 6 heteroatoms. The maximum absolute atomic E-state index is 11.6. The minimum absolute atomic E-state index is 0.369. The second-order valence-corrected chi connectivity index (χ2v) is 16.2. The van der Waals surface area contributed by atoms with Gasteiger partial charge in [-0.1, -0.05) is 0 Å². The Morgan fingerprint density at radius 2 is 1.10 bits per heavy atom. The van der Waals surface area contributed by atoms with Gasteiger partial charge in [0.25, 0.3) is 0 Å². The van der Waals surface area contributed by atoms with Gasteiger partial charge in [-0.3, -0.25) is 0 Å². The fraction of sp³-hybridized carbons (Fsp3) is 0.857. The van der Waals surface area contributed by atoms with Crippen LogP contribution in [0.3, 0.4) is 0 Å². The van der Waals surface area contributed by atoms with Crippen LogP contribution in [0.5, 0.6) is 0 Å². The van der Waals surface area contributed by atoms with Crippen LogP contribution in [-0.2, 0) is 9.59 Å². The van der Waals surface area contributed by atoms with E-state index in [1.165, 1.54) is 38.5 Å². The zero-order chi connectivity index (χ0) is 14.4. The van der Waals surface area contributed by atoms with E-state index in [2.05, 4.69) is 9.01 Å². The zero-order valence-corrected chi connectivity index (χ0v) is 16.8. The van der Waals surface area contributed by atoms with Gasteiger partial charge in [0.1, 0.15) is 0 Å². The molecule has 0 bridgehead atoms. The molecule has 0 heterocycles. The predicted octanol–water partition coefficient (Wildman–Crippen LogP) is 3.33. The molecule has 2 rings (SSSR count). The Bertz CT molecular complexity index is 290. The average molecular weight is 477 g/mol. The van der Waals surface area contributed by atoms with Gasteiger partial charge in [-0.05, 0) is 0 Å². The number of carbonyl (C=O) groups is 2. The summed E-state index contributed by atoms with van der Waals surface area (Å²) in [6, 6.07) is 0.739. The molecule has 0 aromatic heterocycles. The van der Waals surface area contributed by atoms with E-state index in [4.69, 9.17) is 0 Å². The van der Waals surface area contributed by atoms with E-state index in [9.17, 15) is 9.59 Å². The standard InChI is InChI=1S/2C7H13NO.BrH.Nd/c2*9-6-8-7-4-2-1-3-5-7;;/h2*6-7H,1-5H2,(H,8,9);1H;/q;;;+3/p-3. The summed E-state index contributed by atoms with van der Waals surface area (Å²) in [5, 5.41) is 0. The maximum atomic E-state index is 11.6. The molecule has 2 aliphatic rings. The van der Waals surface area contributed by atoms with Gasteiger partial charge in [0.15, 0.2) is 0 Å². The second kappa shape index (κ2) is 9.03. The fourth-order valence-corrected chi connectivity index (χ4v) is 14.0. The van der Waals surface area contributed by atoms with Crippen LogP contribution in [0.15, 0.2) is 0 Å². The molecule has 0 aromatic rings. The van der Waals surface area contributed by atoms with Gasteiger partial charge in [-0.25, -0.2) is 0 Å². The molecule has 0 spiro atoms. The number of rotatable bonds is 6. The Kier molecular flexibility index (Phi) is 7.74. The topological polar surface area (TPSA) is 40.6 Å². The van der Waals surface area contributed by atoms with Crippen molar-refractivity contribution in [3.05, 3.63) is 0 Å². The summed E-state index contributed by atoms with van der Waals surface area (Å²) in [5.74, 6) is 0. The van der Waals surface area contributed by atoms with E-state index in [1.807, 2.05) is 1.97 Å². The van der Waals surface area contributed by atoms with Crippen LogP contribution in [0.25, 0.3) is 0 Å². The summed E-state index contributed by atoms with van der Waals surface area (Å²) in [6.45, 7) is 0. The third-order valence-corrected chi connectivity index (χ3v) is 16.4. The molecule has 0 atom stereocenters. The molecule has 4 nitrogen and oxygen atoms in total. The molecular weight excluding hydrogens is 452 g/mol. The number of halogens is 1. The number of nitrogens with zero attached hydrogens (tertiary/aromatic N) is 2. The molecule has 0 unspecified atom stereocenters. The summed E-state index contributed by atoms with van der Waals surface area (Å²) in [4.78, 5) is 23.1. The van der Waals surface area contributed by atoms with Crippen LogP contribution >= 0.6 is 9.01 Å². The Balaban J connectivity index is 2.01. The first-order valence-corrected chi connectivity index (χ1v) is 17.7. The van der Waals surface area contributed by atoms with Crippen molar-refractivity contribution in [3.8, 4) is 0 Å². The van der Waals surface area contributed by atoms with Crippen LogP contribution < -0.4 is 0 Å². The number of hydrogen-bond donors (Lipinski definition) is 0. The Morgan fingerprint density at radius 1 is 0.750 bits per heavy atom. The molecule has 0 saturated heterocycles. The number of hydrogen-bond acceptors (Lipinski definition) is 2. The third-order valence-electron chi connectivity index (χ3n) is 4.59. The Labute approximate surface area is 140 Å². The first kappa shape index (κ1) is 17.1. The molecule has 2 amide bonds. The van der Waals surface area contributed by atoms with E-state index in [0.717, 1.165) is 38.5 Å². The summed E-state index contributed by atoms with van der Waals surface area (Å²) >= 11 is -2.66. The molecule has 113 valence electrons. The van der Waals surface area contributed by atoms with Gasteiger partial charge in [0.2, 0.25) is 0 Å². The summed E-state index contributed by atoms with van der Waals surface area (Å²) in [5.41, 5.74) is 0. The van der Waals surface area contributed by atoms with Crippen molar-refractivity contribution in [2.24, 2.45) is 0 Å². The fourth-order valence-electron chi connectivity index (χ4n) is 3.41. The minimum atomic E-state index is -2.66. The normalized spacial score (nSPS) is 21.2. The van der Waals surface area contributed by atoms with Crippen molar-refractivity contribution in [1.82, 2.24) is 1.97 Å². The summed E-state index contributed by atoms with van der Waals surface area (Å²) in [6.07, 6.45) is 13.9. The second-order valence-electron chi connectivity index (χ2n) is 5.88. The monoisotopic (exact) mass is 473 g/mol. The third kappa shape index (κ3) is 4.38. The SMILES string of the molecule is O=C[N](C1CCCCC1)[Nd]([Br])[N](C=O)C1CCCCC1. The Morgan fingerprint density at radius 3 is 1.40 bits per heavy atom. The molecule has 2 aliphatic carbocycles. The van der Waals surface area contributed by atoms with Gasteiger partial charge >= 0.3 is 142 Å². The van der Waals surface area contributed by atoms with Crippen LogP contribution in [0.2, 0.25) is 0 Å². The van der Waals surface area contributed by atoms with Gasteiger partial charge < -0.3 is 0 Å². The molecule has 20 heavy (non-hydrogen) atoms. The first-order valence-electron chi connectivity index (χ1n) is 7.77. The summed E-state index contributed by atoms with van der Waals surface area (Å²) < 4.78 is 4.04. The van der Waals surface area contributed by atoms with E-state index in [1.54, 1.807) is 0 Å². The van der Waals surface area contributed by atoms with E-state index in [-0.39, 0.29) is 0 Å².